The van der Waals surface area contributed by atoms with E-state index in [0.717, 1.165) is 0 Å². The van der Waals surface area contributed by atoms with Crippen LogP contribution in [0.1, 0.15) is 15.9 Å². The van der Waals surface area contributed by atoms with E-state index < -0.39 is 22.5 Å². The Morgan fingerprint density at radius 1 is 1.08 bits per heavy atom. The predicted molar refractivity (Wildman–Crippen MR) is 94.1 cm³/mol. The third kappa shape index (κ3) is 5.25. The number of sulfonamides is 1. The molecule has 0 heterocycles. The van der Waals surface area contributed by atoms with Crippen molar-refractivity contribution in [3.63, 3.8) is 0 Å². The van der Waals surface area contributed by atoms with Crippen LogP contribution in [-0.2, 0) is 14.8 Å². The zero-order valence-electron chi connectivity index (χ0n) is 12.8. The average molecular weight is 380 g/mol. The molecule has 0 saturated heterocycles. The first-order valence-electron chi connectivity index (χ1n) is 7.08. The zero-order valence-corrected chi connectivity index (χ0v) is 14.4. The summed E-state index contributed by atoms with van der Waals surface area (Å²) in [6, 6.07) is 12.2. The van der Waals surface area contributed by atoms with E-state index in [9.17, 15) is 18.0 Å². The number of carbonyl (C=O) groups is 2. The summed E-state index contributed by atoms with van der Waals surface area (Å²) in [5.41, 5.74) is 0.982. The minimum atomic E-state index is -3.94. The summed E-state index contributed by atoms with van der Waals surface area (Å²) in [6.45, 7) is -0.719. The Labute approximate surface area is 149 Å². The van der Waals surface area contributed by atoms with Crippen molar-refractivity contribution in [2.45, 2.75) is 4.90 Å². The van der Waals surface area contributed by atoms with Gasteiger partial charge in [0.2, 0.25) is 10.0 Å². The molecule has 2 N–H and O–H groups in total. The molecule has 130 valence electrons. The molecular weight excluding hydrogens is 366 g/mol. The van der Waals surface area contributed by atoms with Gasteiger partial charge in [0, 0.05) is 10.6 Å². The van der Waals surface area contributed by atoms with Gasteiger partial charge in [-0.15, -0.1) is 0 Å². The monoisotopic (exact) mass is 379 g/mol. The van der Waals surface area contributed by atoms with Crippen LogP contribution in [0.3, 0.4) is 0 Å². The number of rotatable bonds is 7. The number of ketones is 1. The van der Waals surface area contributed by atoms with E-state index in [4.69, 9.17) is 16.7 Å². The van der Waals surface area contributed by atoms with Crippen molar-refractivity contribution in [2.24, 2.45) is 0 Å². The molecule has 2 rings (SSSR count). The van der Waals surface area contributed by atoms with Gasteiger partial charge in [-0.2, -0.15) is 4.72 Å². The van der Waals surface area contributed by atoms with Gasteiger partial charge < -0.3 is 5.11 Å². The SMILES string of the molecule is O=C(O)CNS(=O)(=O)c1ccc(C(=O)/C=C/c2ccccc2Cl)cc1. The Hall–Kier alpha value is -2.48. The summed E-state index contributed by atoms with van der Waals surface area (Å²) in [6.07, 6.45) is 2.91. The summed E-state index contributed by atoms with van der Waals surface area (Å²) in [7, 11) is -3.94. The van der Waals surface area contributed by atoms with E-state index in [1.165, 1.54) is 30.3 Å². The lowest BCUT2D eigenvalue weighted by Crippen LogP contribution is -2.29. The normalized spacial score (nSPS) is 11.6. The first-order chi connectivity index (χ1) is 11.8. The van der Waals surface area contributed by atoms with Gasteiger partial charge in [-0.05, 0) is 48.0 Å². The molecule has 0 atom stereocenters. The van der Waals surface area contributed by atoms with Crippen LogP contribution in [-0.4, -0.2) is 31.8 Å². The molecule has 0 spiro atoms. The molecule has 0 bridgehead atoms. The molecule has 2 aromatic rings. The van der Waals surface area contributed by atoms with Crippen LogP contribution in [0.4, 0.5) is 0 Å². The van der Waals surface area contributed by atoms with Gasteiger partial charge in [-0.3, -0.25) is 9.59 Å². The highest BCUT2D eigenvalue weighted by Crippen LogP contribution is 2.17. The second-order valence-corrected chi connectivity index (χ2v) is 7.14. The van der Waals surface area contributed by atoms with E-state index in [2.05, 4.69) is 0 Å². The van der Waals surface area contributed by atoms with Crippen molar-refractivity contribution in [1.82, 2.24) is 4.72 Å². The van der Waals surface area contributed by atoms with Crippen molar-refractivity contribution >= 4 is 39.5 Å². The number of hydrogen-bond acceptors (Lipinski definition) is 4. The highest BCUT2D eigenvalue weighted by Gasteiger charge is 2.15. The number of carbonyl (C=O) groups excluding carboxylic acids is 1. The number of aliphatic carboxylic acids is 1. The summed E-state index contributed by atoms with van der Waals surface area (Å²) < 4.78 is 25.7. The third-order valence-corrected chi connectivity index (χ3v) is 4.94. The van der Waals surface area contributed by atoms with E-state index >= 15 is 0 Å². The van der Waals surface area contributed by atoms with Gasteiger partial charge in [0.15, 0.2) is 5.78 Å². The van der Waals surface area contributed by atoms with Crippen LogP contribution in [0.15, 0.2) is 59.5 Å². The molecule has 0 amide bonds. The first kappa shape index (κ1) is 18.9. The largest absolute Gasteiger partial charge is 0.480 e. The highest BCUT2D eigenvalue weighted by molar-refractivity contribution is 7.89. The first-order valence-corrected chi connectivity index (χ1v) is 8.94. The number of carboxylic acids is 1. The number of halogens is 1. The third-order valence-electron chi connectivity index (χ3n) is 3.18. The summed E-state index contributed by atoms with van der Waals surface area (Å²) in [4.78, 5) is 22.5. The fraction of sp³-hybridized carbons (Fsp3) is 0.0588. The lowest BCUT2D eigenvalue weighted by atomic mass is 10.1. The molecular formula is C17H14ClNO5S. The van der Waals surface area contributed by atoms with Gasteiger partial charge in [0.1, 0.15) is 6.54 Å². The molecule has 0 saturated carbocycles. The topological polar surface area (TPSA) is 101 Å². The van der Waals surface area contributed by atoms with Crippen LogP contribution in [0.5, 0.6) is 0 Å². The van der Waals surface area contributed by atoms with Crippen molar-refractivity contribution in [1.29, 1.82) is 0 Å². The Morgan fingerprint density at radius 2 is 1.72 bits per heavy atom. The quantitative estimate of drug-likeness (QED) is 0.569. The maximum absolute atomic E-state index is 12.1. The number of benzene rings is 2. The molecule has 8 heteroatoms. The summed E-state index contributed by atoms with van der Waals surface area (Å²) >= 11 is 6.00. The van der Waals surface area contributed by atoms with E-state index in [1.54, 1.807) is 30.3 Å². The molecule has 2 aromatic carbocycles. The summed E-state index contributed by atoms with van der Waals surface area (Å²) in [5.74, 6) is -1.61. The van der Waals surface area contributed by atoms with Gasteiger partial charge in [0.25, 0.3) is 0 Å². The fourth-order valence-electron chi connectivity index (χ4n) is 1.91. The van der Waals surface area contributed by atoms with Crippen LogP contribution in [0.2, 0.25) is 5.02 Å². The minimum Gasteiger partial charge on any atom is -0.480 e. The van der Waals surface area contributed by atoms with Crippen molar-refractivity contribution in [2.75, 3.05) is 6.54 Å². The molecule has 0 unspecified atom stereocenters. The number of hydrogen-bond donors (Lipinski definition) is 2. The van der Waals surface area contributed by atoms with Gasteiger partial charge in [0.05, 0.1) is 4.90 Å². The Balaban J connectivity index is 2.13. The maximum atomic E-state index is 12.1. The second-order valence-electron chi connectivity index (χ2n) is 4.96. The van der Waals surface area contributed by atoms with E-state index in [0.29, 0.717) is 16.1 Å². The van der Waals surface area contributed by atoms with Crippen LogP contribution in [0.25, 0.3) is 6.08 Å². The number of carboxylic acid groups (broad SMARTS) is 1. The molecule has 0 aliphatic heterocycles. The molecule has 0 aliphatic carbocycles. The van der Waals surface area contributed by atoms with Crippen LogP contribution in [0, 0.1) is 0 Å². The fourth-order valence-corrected chi connectivity index (χ4v) is 3.08. The summed E-state index contributed by atoms with van der Waals surface area (Å²) in [5, 5.41) is 9.04. The molecule has 0 fully saturated rings. The van der Waals surface area contributed by atoms with Crippen LogP contribution < -0.4 is 4.72 Å². The number of allylic oxidation sites excluding steroid dienone is 1. The maximum Gasteiger partial charge on any atom is 0.318 e. The van der Waals surface area contributed by atoms with E-state index in [-0.39, 0.29) is 10.7 Å². The minimum absolute atomic E-state index is 0.125. The van der Waals surface area contributed by atoms with Gasteiger partial charge >= 0.3 is 5.97 Å². The Bertz CT molecular complexity index is 920. The van der Waals surface area contributed by atoms with Gasteiger partial charge in [-0.1, -0.05) is 29.8 Å². The predicted octanol–water partition coefficient (Wildman–Crippen LogP) is 2.60. The molecule has 0 radical (unpaired) electrons. The van der Waals surface area contributed by atoms with Crippen molar-refractivity contribution < 1.29 is 23.1 Å². The zero-order chi connectivity index (χ0) is 18.4. The highest BCUT2D eigenvalue weighted by atomic mass is 35.5. The Morgan fingerprint density at radius 3 is 2.32 bits per heavy atom. The van der Waals surface area contributed by atoms with Crippen LogP contribution >= 0.6 is 11.6 Å². The van der Waals surface area contributed by atoms with Gasteiger partial charge in [-0.25, -0.2) is 8.42 Å². The number of nitrogens with one attached hydrogen (secondary N) is 1. The smallest absolute Gasteiger partial charge is 0.318 e. The lowest BCUT2D eigenvalue weighted by Gasteiger charge is -2.05. The molecule has 6 nitrogen and oxygen atoms in total. The van der Waals surface area contributed by atoms with Crippen molar-refractivity contribution in [3.05, 3.63) is 70.8 Å². The van der Waals surface area contributed by atoms with E-state index in [1.807, 2.05) is 4.72 Å². The molecule has 0 aromatic heterocycles. The molecule has 0 aliphatic rings. The molecule has 25 heavy (non-hydrogen) atoms. The lowest BCUT2D eigenvalue weighted by molar-refractivity contribution is -0.135. The standard InChI is InChI=1S/C17H14ClNO5S/c18-15-4-2-1-3-12(15)7-10-16(20)13-5-8-14(9-6-13)25(23,24)19-11-17(21)22/h1-10,19H,11H2,(H,21,22)/b10-7+. The van der Waals surface area contributed by atoms with Crippen molar-refractivity contribution in [3.8, 4) is 0 Å². The average Bonchev–Trinajstić information content (AvgIpc) is 2.59. The second kappa shape index (κ2) is 8.06. The Kier molecular flexibility index (Phi) is 6.08.